The van der Waals surface area contributed by atoms with Crippen LogP contribution in [0.2, 0.25) is 0 Å². The van der Waals surface area contributed by atoms with Crippen LogP contribution < -0.4 is 5.32 Å². The number of amides is 3. The zero-order valence-corrected chi connectivity index (χ0v) is 20.5. The van der Waals surface area contributed by atoms with Crippen LogP contribution in [-0.4, -0.2) is 83.2 Å². The molecule has 7 nitrogen and oxygen atoms in total. The van der Waals surface area contributed by atoms with Gasteiger partial charge in [-0.15, -0.1) is 0 Å². The number of carbonyl (C=O) groups excluding carboxylic acids is 2. The van der Waals surface area contributed by atoms with Crippen LogP contribution in [0.4, 0.5) is 10.5 Å². The van der Waals surface area contributed by atoms with Crippen molar-refractivity contribution in [3.05, 3.63) is 54.6 Å². The molecule has 2 aromatic carbocycles. The molecule has 0 bridgehead atoms. The maximum absolute atomic E-state index is 13.0. The second-order valence-corrected chi connectivity index (χ2v) is 10.4. The first-order valence-corrected chi connectivity index (χ1v) is 12.9. The Morgan fingerprint density at radius 3 is 2.51 bits per heavy atom. The van der Waals surface area contributed by atoms with Crippen LogP contribution in [0.15, 0.2) is 54.6 Å². The van der Waals surface area contributed by atoms with Crippen molar-refractivity contribution in [3.8, 4) is 11.1 Å². The molecule has 2 saturated heterocycles. The van der Waals surface area contributed by atoms with Gasteiger partial charge in [0.25, 0.3) is 0 Å². The molecule has 2 heterocycles. The van der Waals surface area contributed by atoms with Gasteiger partial charge in [0.2, 0.25) is 5.91 Å². The van der Waals surface area contributed by atoms with Crippen LogP contribution in [0.1, 0.15) is 32.6 Å². The summed E-state index contributed by atoms with van der Waals surface area (Å²) in [7, 11) is 0. The number of nitrogens with one attached hydrogen (secondary N) is 1. The first-order valence-electron chi connectivity index (χ1n) is 12.9. The molecule has 3 amide bonds. The second-order valence-electron chi connectivity index (χ2n) is 10.4. The Hall–Kier alpha value is -2.90. The number of likely N-dealkylation sites (tertiary alicyclic amines) is 1. The van der Waals surface area contributed by atoms with Crippen molar-refractivity contribution in [1.82, 2.24) is 14.7 Å². The Balaban J connectivity index is 1.11. The number of hydrogen-bond donors (Lipinski definition) is 2. The molecule has 2 aliphatic heterocycles. The number of aliphatic hydroxyl groups excluding tert-OH is 1. The summed E-state index contributed by atoms with van der Waals surface area (Å²) in [6.45, 7) is 6.26. The second kappa shape index (κ2) is 9.99. The van der Waals surface area contributed by atoms with Gasteiger partial charge in [-0.1, -0.05) is 42.5 Å². The third-order valence-corrected chi connectivity index (χ3v) is 8.09. The molecule has 1 aliphatic carbocycles. The van der Waals surface area contributed by atoms with Gasteiger partial charge < -0.3 is 25.1 Å². The number of carbonyl (C=O) groups is 2. The van der Waals surface area contributed by atoms with Crippen LogP contribution in [0.5, 0.6) is 0 Å². The monoisotopic (exact) mass is 476 g/mol. The molecule has 3 fully saturated rings. The molecule has 0 aromatic heterocycles. The molecule has 0 radical (unpaired) electrons. The highest BCUT2D eigenvalue weighted by Gasteiger charge is 2.51. The van der Waals surface area contributed by atoms with E-state index in [1.54, 1.807) is 4.90 Å². The van der Waals surface area contributed by atoms with E-state index in [1.807, 2.05) is 66.4 Å². The highest BCUT2D eigenvalue weighted by molar-refractivity contribution is 5.94. The number of urea groups is 1. The lowest BCUT2D eigenvalue weighted by molar-refractivity contribution is -0.139. The summed E-state index contributed by atoms with van der Waals surface area (Å²) in [5.41, 5.74) is 3.06. The average molecular weight is 477 g/mol. The van der Waals surface area contributed by atoms with Crippen LogP contribution in [0.25, 0.3) is 11.1 Å². The first kappa shape index (κ1) is 23.8. The van der Waals surface area contributed by atoms with Crippen LogP contribution in [0, 0.1) is 5.41 Å². The molecule has 2 aromatic rings. The molecule has 186 valence electrons. The quantitative estimate of drug-likeness (QED) is 0.667. The Morgan fingerprint density at radius 1 is 1.00 bits per heavy atom. The topological polar surface area (TPSA) is 76.1 Å². The van der Waals surface area contributed by atoms with Crippen molar-refractivity contribution >= 4 is 17.6 Å². The predicted octanol–water partition coefficient (Wildman–Crippen LogP) is 3.66. The Morgan fingerprint density at radius 2 is 1.77 bits per heavy atom. The van der Waals surface area contributed by atoms with Gasteiger partial charge in [0.05, 0.1) is 6.10 Å². The molecule has 1 saturated carbocycles. The minimum Gasteiger partial charge on any atom is -0.391 e. The molecule has 2 atom stereocenters. The van der Waals surface area contributed by atoms with Gasteiger partial charge in [0.15, 0.2) is 0 Å². The molecular formula is C28H36N4O3. The van der Waals surface area contributed by atoms with E-state index in [9.17, 15) is 14.7 Å². The summed E-state index contributed by atoms with van der Waals surface area (Å²) >= 11 is 0. The predicted molar refractivity (Wildman–Crippen MR) is 137 cm³/mol. The number of benzene rings is 2. The van der Waals surface area contributed by atoms with Crippen molar-refractivity contribution in [2.75, 3.05) is 44.6 Å². The fraction of sp³-hybridized carbons (Fsp3) is 0.500. The lowest BCUT2D eigenvalue weighted by Gasteiger charge is -2.40. The van der Waals surface area contributed by atoms with Crippen LogP contribution >= 0.6 is 0 Å². The van der Waals surface area contributed by atoms with E-state index in [0.29, 0.717) is 19.6 Å². The van der Waals surface area contributed by atoms with E-state index in [0.717, 1.165) is 49.3 Å². The van der Waals surface area contributed by atoms with Gasteiger partial charge >= 0.3 is 6.03 Å². The third-order valence-electron chi connectivity index (χ3n) is 8.09. The van der Waals surface area contributed by atoms with Crippen molar-refractivity contribution < 1.29 is 14.7 Å². The molecular weight excluding hydrogens is 440 g/mol. The van der Waals surface area contributed by atoms with Crippen molar-refractivity contribution in [2.45, 2.75) is 44.8 Å². The zero-order valence-electron chi connectivity index (χ0n) is 20.5. The van der Waals surface area contributed by atoms with Crippen LogP contribution in [-0.2, 0) is 4.79 Å². The standard InChI is InChI=1S/C28H36N4O3/c1-21-26(34)31(15-6-14-30-16-13-28(11-12-28)25(33)20-30)17-18-32(21)27(35)29-24-10-5-9-23(19-24)22-7-3-2-4-8-22/h2-5,7-10,19,21,25,33H,6,11-18,20H2,1H3,(H,29,35)/t21-,25+/m0/s1. The van der Waals surface area contributed by atoms with Crippen molar-refractivity contribution in [2.24, 2.45) is 5.41 Å². The number of aliphatic hydroxyl groups is 1. The molecule has 3 aliphatic rings. The Kier molecular flexibility index (Phi) is 6.80. The summed E-state index contributed by atoms with van der Waals surface area (Å²) in [5, 5.41) is 13.4. The summed E-state index contributed by atoms with van der Waals surface area (Å²) in [5.74, 6) is 0.0000449. The van der Waals surface area contributed by atoms with Gasteiger partial charge in [-0.3, -0.25) is 4.79 Å². The van der Waals surface area contributed by atoms with E-state index in [4.69, 9.17) is 0 Å². The van der Waals surface area contributed by atoms with E-state index in [2.05, 4.69) is 10.2 Å². The number of piperidine rings is 1. The maximum Gasteiger partial charge on any atom is 0.322 e. The number of piperazine rings is 1. The first-order chi connectivity index (χ1) is 16.9. The Labute approximate surface area is 207 Å². The van der Waals surface area contributed by atoms with Gasteiger partial charge in [0, 0.05) is 31.9 Å². The van der Waals surface area contributed by atoms with Crippen molar-refractivity contribution in [3.63, 3.8) is 0 Å². The number of rotatable bonds is 6. The van der Waals surface area contributed by atoms with E-state index in [1.165, 1.54) is 12.8 Å². The van der Waals surface area contributed by atoms with Crippen molar-refractivity contribution in [1.29, 1.82) is 0 Å². The summed E-state index contributed by atoms with van der Waals surface area (Å²) < 4.78 is 0. The highest BCUT2D eigenvalue weighted by Crippen LogP contribution is 2.53. The van der Waals surface area contributed by atoms with Gasteiger partial charge in [-0.2, -0.15) is 0 Å². The van der Waals surface area contributed by atoms with Gasteiger partial charge in [0.1, 0.15) is 6.04 Å². The summed E-state index contributed by atoms with van der Waals surface area (Å²) in [4.78, 5) is 31.9. The number of anilines is 1. The number of nitrogens with zero attached hydrogens (tertiary/aromatic N) is 3. The van der Waals surface area contributed by atoms with Crippen LogP contribution in [0.3, 0.4) is 0 Å². The summed E-state index contributed by atoms with van der Waals surface area (Å²) in [6, 6.07) is 17.1. The van der Waals surface area contributed by atoms with E-state index in [-0.39, 0.29) is 23.5 Å². The normalized spacial score (nSPS) is 24.0. The molecule has 1 spiro atoms. The molecule has 2 N–H and O–H groups in total. The zero-order chi connectivity index (χ0) is 24.4. The average Bonchev–Trinajstić information content (AvgIpc) is 3.65. The number of β-amino-alcohol motifs (C(OH)–C–C–N with tert-alkyl or cyclic N) is 1. The lowest BCUT2D eigenvalue weighted by atomic mass is 9.90. The molecule has 0 unspecified atom stereocenters. The van der Waals surface area contributed by atoms with E-state index >= 15 is 0 Å². The minimum atomic E-state index is -0.493. The lowest BCUT2D eigenvalue weighted by Crippen LogP contribution is -2.58. The SMILES string of the molecule is C[C@H]1C(=O)N(CCCN2CCC3(CC3)[C@H](O)C2)CCN1C(=O)Nc1cccc(-c2ccccc2)c1. The largest absolute Gasteiger partial charge is 0.391 e. The molecule has 35 heavy (non-hydrogen) atoms. The third kappa shape index (κ3) is 5.21. The van der Waals surface area contributed by atoms with Gasteiger partial charge in [-0.05, 0) is 74.4 Å². The highest BCUT2D eigenvalue weighted by atomic mass is 16.3. The minimum absolute atomic E-state index is 0.0000449. The smallest absolute Gasteiger partial charge is 0.322 e. The molecule has 5 rings (SSSR count). The maximum atomic E-state index is 13.0. The van der Waals surface area contributed by atoms with Gasteiger partial charge in [-0.25, -0.2) is 4.79 Å². The fourth-order valence-electron chi connectivity index (χ4n) is 5.54. The molecule has 7 heteroatoms. The number of hydrogen-bond acceptors (Lipinski definition) is 4. The fourth-order valence-corrected chi connectivity index (χ4v) is 5.54. The summed E-state index contributed by atoms with van der Waals surface area (Å²) in [6.07, 6.45) is 4.12. The Bertz CT molecular complexity index is 1060. The van der Waals surface area contributed by atoms with E-state index < -0.39 is 6.04 Å².